The second-order valence-corrected chi connectivity index (χ2v) is 6.73. The number of benzene rings is 1. The quantitative estimate of drug-likeness (QED) is 0.709. The Balaban J connectivity index is 2.03. The number of nitriles is 1. The summed E-state index contributed by atoms with van der Waals surface area (Å²) in [7, 11) is 0. The van der Waals surface area contributed by atoms with Crippen LogP contribution in [0.2, 0.25) is 0 Å². The average Bonchev–Trinajstić information content (AvgIpc) is 2.92. The van der Waals surface area contributed by atoms with Gasteiger partial charge in [-0.25, -0.2) is 14.8 Å². The number of thiophene rings is 1. The van der Waals surface area contributed by atoms with Crippen molar-refractivity contribution in [2.45, 2.75) is 26.9 Å². The summed E-state index contributed by atoms with van der Waals surface area (Å²) >= 11 is 1.29. The fourth-order valence-corrected chi connectivity index (χ4v) is 3.46. The normalized spacial score (nSPS) is 10.7. The van der Waals surface area contributed by atoms with E-state index in [0.717, 1.165) is 16.6 Å². The van der Waals surface area contributed by atoms with Crippen molar-refractivity contribution in [3.05, 3.63) is 46.6 Å². The van der Waals surface area contributed by atoms with E-state index in [9.17, 15) is 4.79 Å². The van der Waals surface area contributed by atoms with Crippen molar-refractivity contribution in [1.29, 1.82) is 5.26 Å². The van der Waals surface area contributed by atoms with E-state index in [2.05, 4.69) is 21.4 Å². The first-order valence-corrected chi connectivity index (χ1v) is 8.53. The molecule has 1 N–H and O–H groups in total. The van der Waals surface area contributed by atoms with Crippen LogP contribution >= 0.6 is 11.3 Å². The molecule has 0 aliphatic rings. The highest BCUT2D eigenvalue weighted by Gasteiger charge is 2.21. The summed E-state index contributed by atoms with van der Waals surface area (Å²) < 4.78 is 5.30. The van der Waals surface area contributed by atoms with Crippen LogP contribution in [0.1, 0.15) is 34.6 Å². The number of ether oxygens (including phenoxy) is 1. The molecule has 0 bridgehead atoms. The van der Waals surface area contributed by atoms with Gasteiger partial charge in [0, 0.05) is 5.69 Å². The first-order chi connectivity index (χ1) is 12.0. The lowest BCUT2D eigenvalue weighted by Gasteiger charge is -2.08. The predicted molar refractivity (Wildman–Crippen MR) is 97.1 cm³/mol. The molecule has 3 rings (SSSR count). The number of nitrogens with one attached hydrogen (secondary N) is 1. The molecule has 126 valence electrons. The molecule has 0 aliphatic carbocycles. The van der Waals surface area contributed by atoms with Crippen LogP contribution in [0.15, 0.2) is 30.6 Å². The molecule has 0 unspecified atom stereocenters. The summed E-state index contributed by atoms with van der Waals surface area (Å²) in [5.41, 5.74) is 2.08. The Hall–Kier alpha value is -2.98. The number of hydrogen-bond donors (Lipinski definition) is 1. The van der Waals surface area contributed by atoms with Crippen molar-refractivity contribution < 1.29 is 9.53 Å². The van der Waals surface area contributed by atoms with E-state index in [4.69, 9.17) is 10.00 Å². The van der Waals surface area contributed by atoms with Gasteiger partial charge in [0.2, 0.25) is 0 Å². The Bertz CT molecular complexity index is 988. The van der Waals surface area contributed by atoms with Gasteiger partial charge in [0.05, 0.1) is 23.1 Å². The molecule has 2 heterocycles. The maximum absolute atomic E-state index is 12.3. The summed E-state index contributed by atoms with van der Waals surface area (Å²) in [5.74, 6) is 0.241. The van der Waals surface area contributed by atoms with E-state index >= 15 is 0 Å². The molecule has 1 aromatic carbocycles. The van der Waals surface area contributed by atoms with Gasteiger partial charge in [-0.2, -0.15) is 5.26 Å². The number of hydrogen-bond acceptors (Lipinski definition) is 7. The van der Waals surface area contributed by atoms with Crippen LogP contribution < -0.4 is 5.32 Å². The van der Waals surface area contributed by atoms with Crippen molar-refractivity contribution in [3.63, 3.8) is 0 Å². The number of carbonyl (C=O) groups is 1. The van der Waals surface area contributed by atoms with Crippen LogP contribution in [0.25, 0.3) is 10.2 Å². The molecule has 0 atom stereocenters. The summed E-state index contributed by atoms with van der Waals surface area (Å²) in [6, 6.07) is 9.23. The SMILES string of the molecule is Cc1c(C(=O)OC(C)C)sc2ncnc(Nc3cccc(C#N)c3)c12. The van der Waals surface area contributed by atoms with Gasteiger partial charge in [0.15, 0.2) is 0 Å². The lowest BCUT2D eigenvalue weighted by atomic mass is 10.2. The average molecular weight is 352 g/mol. The van der Waals surface area contributed by atoms with E-state index in [1.807, 2.05) is 26.8 Å². The minimum absolute atomic E-state index is 0.186. The number of rotatable bonds is 4. The van der Waals surface area contributed by atoms with Gasteiger partial charge in [0.25, 0.3) is 0 Å². The van der Waals surface area contributed by atoms with Crippen molar-refractivity contribution in [1.82, 2.24) is 9.97 Å². The highest BCUT2D eigenvalue weighted by Crippen LogP contribution is 2.35. The second-order valence-electron chi connectivity index (χ2n) is 5.73. The minimum atomic E-state index is -0.354. The summed E-state index contributed by atoms with van der Waals surface area (Å²) in [6.45, 7) is 5.49. The third kappa shape index (κ3) is 3.44. The lowest BCUT2D eigenvalue weighted by Crippen LogP contribution is -2.11. The van der Waals surface area contributed by atoms with E-state index in [1.54, 1.807) is 18.2 Å². The Labute approximate surface area is 149 Å². The van der Waals surface area contributed by atoms with Gasteiger partial charge in [0.1, 0.15) is 21.9 Å². The van der Waals surface area contributed by atoms with Crippen molar-refractivity contribution >= 4 is 39.0 Å². The van der Waals surface area contributed by atoms with Crippen molar-refractivity contribution in [3.8, 4) is 6.07 Å². The number of esters is 1. The van der Waals surface area contributed by atoms with E-state index < -0.39 is 0 Å². The second kappa shape index (κ2) is 6.87. The smallest absolute Gasteiger partial charge is 0.348 e. The van der Waals surface area contributed by atoms with Crippen LogP contribution in [0.5, 0.6) is 0 Å². The third-order valence-electron chi connectivity index (χ3n) is 3.51. The zero-order chi connectivity index (χ0) is 18.0. The highest BCUT2D eigenvalue weighted by molar-refractivity contribution is 7.20. The fourth-order valence-electron chi connectivity index (χ4n) is 2.43. The molecular formula is C18H16N4O2S. The van der Waals surface area contributed by atoms with Gasteiger partial charge in [-0.15, -0.1) is 11.3 Å². The molecule has 6 nitrogen and oxygen atoms in total. The number of aryl methyl sites for hydroxylation is 1. The van der Waals surface area contributed by atoms with Crippen LogP contribution in [-0.4, -0.2) is 22.0 Å². The Morgan fingerprint density at radius 2 is 2.16 bits per heavy atom. The van der Waals surface area contributed by atoms with Crippen molar-refractivity contribution in [2.24, 2.45) is 0 Å². The fraction of sp³-hybridized carbons (Fsp3) is 0.222. The molecule has 0 spiro atoms. The van der Waals surface area contributed by atoms with Gasteiger partial charge in [-0.1, -0.05) is 6.07 Å². The van der Waals surface area contributed by atoms with Gasteiger partial charge >= 0.3 is 5.97 Å². The Kier molecular flexibility index (Phi) is 4.63. The first kappa shape index (κ1) is 16.9. The van der Waals surface area contributed by atoms with E-state index in [1.165, 1.54) is 17.7 Å². The standard InChI is InChI=1S/C18H16N4O2S/c1-10(2)24-18(23)15-11(3)14-16(20-9-21-17(14)25-15)22-13-6-4-5-12(7-13)8-19/h4-7,9-10H,1-3H3,(H,20,21,22). The topological polar surface area (TPSA) is 87.9 Å². The summed E-state index contributed by atoms with van der Waals surface area (Å²) in [6.07, 6.45) is 1.27. The Morgan fingerprint density at radius 1 is 1.36 bits per heavy atom. The molecule has 2 aromatic heterocycles. The highest BCUT2D eigenvalue weighted by atomic mass is 32.1. The third-order valence-corrected chi connectivity index (χ3v) is 4.69. The van der Waals surface area contributed by atoms with Gasteiger partial charge in [-0.05, 0) is 44.5 Å². The number of anilines is 2. The van der Waals surface area contributed by atoms with Gasteiger partial charge < -0.3 is 10.1 Å². The molecule has 0 fully saturated rings. The van der Waals surface area contributed by atoms with Crippen molar-refractivity contribution in [2.75, 3.05) is 5.32 Å². The van der Waals surface area contributed by atoms with Gasteiger partial charge in [-0.3, -0.25) is 0 Å². The summed E-state index contributed by atoms with van der Waals surface area (Å²) in [5, 5.41) is 13.0. The van der Waals surface area contributed by atoms with Crippen LogP contribution in [0.4, 0.5) is 11.5 Å². The zero-order valence-corrected chi connectivity index (χ0v) is 14.8. The number of fused-ring (bicyclic) bond motifs is 1. The molecular weight excluding hydrogens is 336 g/mol. The molecule has 0 radical (unpaired) electrons. The molecule has 25 heavy (non-hydrogen) atoms. The number of carbonyl (C=O) groups excluding carboxylic acids is 1. The molecule has 0 saturated carbocycles. The molecule has 0 saturated heterocycles. The maximum Gasteiger partial charge on any atom is 0.348 e. The molecule has 0 amide bonds. The largest absolute Gasteiger partial charge is 0.459 e. The summed E-state index contributed by atoms with van der Waals surface area (Å²) in [4.78, 5) is 22.1. The molecule has 3 aromatic rings. The lowest BCUT2D eigenvalue weighted by molar-refractivity contribution is 0.0383. The van der Waals surface area contributed by atoms with E-state index in [0.29, 0.717) is 21.1 Å². The van der Waals surface area contributed by atoms with Crippen LogP contribution in [0, 0.1) is 18.3 Å². The van der Waals surface area contributed by atoms with Crippen LogP contribution in [0.3, 0.4) is 0 Å². The monoisotopic (exact) mass is 352 g/mol. The zero-order valence-electron chi connectivity index (χ0n) is 14.0. The van der Waals surface area contributed by atoms with Crippen LogP contribution in [-0.2, 0) is 4.74 Å². The first-order valence-electron chi connectivity index (χ1n) is 7.72. The molecule has 7 heteroatoms. The minimum Gasteiger partial charge on any atom is -0.459 e. The number of nitrogens with zero attached hydrogens (tertiary/aromatic N) is 3. The number of aromatic nitrogens is 2. The molecule has 0 aliphatic heterocycles. The Morgan fingerprint density at radius 3 is 2.88 bits per heavy atom. The predicted octanol–water partition coefficient (Wildman–Crippen LogP) is 4.18. The van der Waals surface area contributed by atoms with E-state index in [-0.39, 0.29) is 12.1 Å². The maximum atomic E-state index is 12.3.